The van der Waals surface area contributed by atoms with Gasteiger partial charge in [0.05, 0.1) is 6.10 Å². The van der Waals surface area contributed by atoms with E-state index in [0.29, 0.717) is 6.54 Å². The molecular formula is C15H22N2O. The molecule has 3 nitrogen and oxygen atoms in total. The molecule has 1 aromatic carbocycles. The maximum absolute atomic E-state index is 10.0. The number of hydrogen-bond acceptors (Lipinski definition) is 3. The minimum absolute atomic E-state index is 0.323. The number of aliphatic hydroxyl groups excluding tert-OH is 1. The summed E-state index contributed by atoms with van der Waals surface area (Å²) in [6, 6.07) is 8.16. The van der Waals surface area contributed by atoms with Crippen LogP contribution in [0.15, 0.2) is 36.4 Å². The largest absolute Gasteiger partial charge is 0.390 e. The fourth-order valence-electron chi connectivity index (χ4n) is 2.22. The lowest BCUT2D eigenvalue weighted by atomic mass is 10.2. The highest BCUT2D eigenvalue weighted by Gasteiger charge is 2.12. The molecule has 0 spiro atoms. The molecule has 0 amide bonds. The molecule has 0 saturated carbocycles. The monoisotopic (exact) mass is 246 g/mol. The maximum atomic E-state index is 10.0. The standard InChI is InChI=1S/C15H22N2O/c1-13-7-3-4-8-15(13)16-11-14(18)12-17-9-5-2-6-10-17/h2-5,7-8,14,16,18H,6,9-12H2,1H3. The predicted octanol–water partition coefficient (Wildman–Crippen LogP) is 2.03. The van der Waals surface area contributed by atoms with Crippen LogP contribution < -0.4 is 5.32 Å². The number of nitrogens with zero attached hydrogens (tertiary/aromatic N) is 1. The van der Waals surface area contributed by atoms with E-state index in [2.05, 4.69) is 35.4 Å². The average molecular weight is 246 g/mol. The molecule has 1 atom stereocenters. The fraction of sp³-hybridized carbons (Fsp3) is 0.467. The van der Waals surface area contributed by atoms with Crippen LogP contribution >= 0.6 is 0 Å². The van der Waals surface area contributed by atoms with Crippen LogP contribution in [0.3, 0.4) is 0 Å². The summed E-state index contributed by atoms with van der Waals surface area (Å²) in [5, 5.41) is 13.3. The molecule has 0 fully saturated rings. The number of aliphatic hydroxyl groups is 1. The van der Waals surface area contributed by atoms with Crippen molar-refractivity contribution in [3.8, 4) is 0 Å². The van der Waals surface area contributed by atoms with E-state index >= 15 is 0 Å². The highest BCUT2D eigenvalue weighted by molar-refractivity contribution is 5.50. The molecule has 1 aromatic rings. The first-order valence-electron chi connectivity index (χ1n) is 6.60. The van der Waals surface area contributed by atoms with Crippen LogP contribution in [0.5, 0.6) is 0 Å². The summed E-state index contributed by atoms with van der Waals surface area (Å²) in [6.45, 7) is 5.43. The molecule has 1 aliphatic heterocycles. The average Bonchev–Trinajstić information content (AvgIpc) is 2.39. The van der Waals surface area contributed by atoms with Crippen molar-refractivity contribution in [1.29, 1.82) is 0 Å². The summed E-state index contributed by atoms with van der Waals surface area (Å²) in [6.07, 6.45) is 5.15. The third-order valence-electron chi connectivity index (χ3n) is 3.28. The quantitative estimate of drug-likeness (QED) is 0.780. The zero-order chi connectivity index (χ0) is 12.8. The van der Waals surface area contributed by atoms with E-state index in [0.717, 1.165) is 31.7 Å². The Balaban J connectivity index is 1.76. The molecule has 0 aliphatic carbocycles. The van der Waals surface area contributed by atoms with Crippen LogP contribution in [0.25, 0.3) is 0 Å². The minimum Gasteiger partial charge on any atom is -0.390 e. The molecule has 18 heavy (non-hydrogen) atoms. The van der Waals surface area contributed by atoms with E-state index in [-0.39, 0.29) is 6.10 Å². The van der Waals surface area contributed by atoms with Crippen molar-refractivity contribution in [3.05, 3.63) is 42.0 Å². The van der Waals surface area contributed by atoms with Crippen LogP contribution in [0.4, 0.5) is 5.69 Å². The van der Waals surface area contributed by atoms with Gasteiger partial charge in [-0.15, -0.1) is 0 Å². The third-order valence-corrected chi connectivity index (χ3v) is 3.28. The molecule has 98 valence electrons. The van der Waals surface area contributed by atoms with Crippen LogP contribution in [0, 0.1) is 6.92 Å². The van der Waals surface area contributed by atoms with Gasteiger partial charge >= 0.3 is 0 Å². The highest BCUT2D eigenvalue weighted by Crippen LogP contribution is 2.13. The second-order valence-corrected chi connectivity index (χ2v) is 4.87. The first-order valence-corrected chi connectivity index (χ1v) is 6.60. The number of anilines is 1. The third kappa shape index (κ3) is 3.86. The zero-order valence-corrected chi connectivity index (χ0v) is 11.0. The van der Waals surface area contributed by atoms with Crippen molar-refractivity contribution in [2.75, 3.05) is 31.5 Å². The van der Waals surface area contributed by atoms with Crippen LogP contribution in [0.1, 0.15) is 12.0 Å². The van der Waals surface area contributed by atoms with Gasteiger partial charge in [-0.1, -0.05) is 30.4 Å². The van der Waals surface area contributed by atoms with E-state index in [1.807, 2.05) is 18.2 Å². The maximum Gasteiger partial charge on any atom is 0.0839 e. The molecule has 2 rings (SSSR count). The molecule has 0 bridgehead atoms. The van der Waals surface area contributed by atoms with Gasteiger partial charge in [-0.3, -0.25) is 4.90 Å². The number of benzene rings is 1. The van der Waals surface area contributed by atoms with Gasteiger partial charge in [0.2, 0.25) is 0 Å². The smallest absolute Gasteiger partial charge is 0.0839 e. The summed E-state index contributed by atoms with van der Waals surface area (Å²) < 4.78 is 0. The van der Waals surface area contributed by atoms with Gasteiger partial charge in [0.15, 0.2) is 0 Å². The van der Waals surface area contributed by atoms with Gasteiger partial charge in [0, 0.05) is 31.9 Å². The van der Waals surface area contributed by atoms with Crippen molar-refractivity contribution in [1.82, 2.24) is 4.90 Å². The van der Waals surface area contributed by atoms with Crippen LogP contribution in [0.2, 0.25) is 0 Å². The summed E-state index contributed by atoms with van der Waals surface area (Å²) in [7, 11) is 0. The summed E-state index contributed by atoms with van der Waals surface area (Å²) in [4.78, 5) is 2.28. The van der Waals surface area contributed by atoms with Gasteiger partial charge < -0.3 is 10.4 Å². The second-order valence-electron chi connectivity index (χ2n) is 4.87. The number of para-hydroxylation sites is 1. The molecule has 0 aromatic heterocycles. The Bertz CT molecular complexity index is 403. The molecule has 2 N–H and O–H groups in total. The van der Waals surface area contributed by atoms with Crippen LogP contribution in [-0.4, -0.2) is 42.3 Å². The van der Waals surface area contributed by atoms with Gasteiger partial charge in [-0.2, -0.15) is 0 Å². The lowest BCUT2D eigenvalue weighted by Gasteiger charge is -2.26. The van der Waals surface area contributed by atoms with Gasteiger partial charge in [-0.05, 0) is 25.0 Å². The number of nitrogens with one attached hydrogen (secondary N) is 1. The van der Waals surface area contributed by atoms with E-state index in [1.165, 1.54) is 5.56 Å². The normalized spacial score (nSPS) is 17.7. The van der Waals surface area contributed by atoms with Gasteiger partial charge in [0.1, 0.15) is 0 Å². The zero-order valence-electron chi connectivity index (χ0n) is 11.0. The Morgan fingerprint density at radius 1 is 1.33 bits per heavy atom. The topological polar surface area (TPSA) is 35.5 Å². The van der Waals surface area contributed by atoms with Crippen molar-refractivity contribution in [2.24, 2.45) is 0 Å². The Morgan fingerprint density at radius 3 is 2.89 bits per heavy atom. The van der Waals surface area contributed by atoms with Gasteiger partial charge in [0.25, 0.3) is 0 Å². The Hall–Kier alpha value is -1.32. The predicted molar refractivity (Wildman–Crippen MR) is 75.9 cm³/mol. The molecular weight excluding hydrogens is 224 g/mol. The Labute approximate surface area is 109 Å². The van der Waals surface area contributed by atoms with Crippen molar-refractivity contribution >= 4 is 5.69 Å². The highest BCUT2D eigenvalue weighted by atomic mass is 16.3. The number of rotatable bonds is 5. The molecule has 0 saturated heterocycles. The lowest BCUT2D eigenvalue weighted by molar-refractivity contribution is 0.127. The van der Waals surface area contributed by atoms with Crippen molar-refractivity contribution in [3.63, 3.8) is 0 Å². The van der Waals surface area contributed by atoms with Crippen LogP contribution in [-0.2, 0) is 0 Å². The van der Waals surface area contributed by atoms with E-state index in [9.17, 15) is 5.11 Å². The minimum atomic E-state index is -0.323. The number of aryl methyl sites for hydroxylation is 1. The second kappa shape index (κ2) is 6.57. The summed E-state index contributed by atoms with van der Waals surface area (Å²) in [5.41, 5.74) is 2.32. The van der Waals surface area contributed by atoms with E-state index < -0.39 is 0 Å². The molecule has 1 heterocycles. The Kier molecular flexibility index (Phi) is 4.79. The first-order chi connectivity index (χ1) is 8.75. The molecule has 3 heteroatoms. The summed E-state index contributed by atoms with van der Waals surface area (Å²) >= 11 is 0. The van der Waals surface area contributed by atoms with Crippen molar-refractivity contribution < 1.29 is 5.11 Å². The molecule has 1 unspecified atom stereocenters. The van der Waals surface area contributed by atoms with E-state index in [1.54, 1.807) is 0 Å². The Morgan fingerprint density at radius 2 is 2.17 bits per heavy atom. The van der Waals surface area contributed by atoms with E-state index in [4.69, 9.17) is 0 Å². The number of hydrogen-bond donors (Lipinski definition) is 2. The van der Waals surface area contributed by atoms with Gasteiger partial charge in [-0.25, -0.2) is 0 Å². The van der Waals surface area contributed by atoms with Crippen molar-refractivity contribution in [2.45, 2.75) is 19.4 Å². The lowest BCUT2D eigenvalue weighted by Crippen LogP contribution is -2.37. The summed E-state index contributed by atoms with van der Waals surface area (Å²) in [5.74, 6) is 0. The number of β-amino-alcohol motifs (C(OH)–C–C–N with tert-alkyl or cyclic N) is 1. The SMILES string of the molecule is Cc1ccccc1NCC(O)CN1CC=CCC1. The first kappa shape index (κ1) is 13.1. The molecule has 0 radical (unpaired) electrons. The fourth-order valence-corrected chi connectivity index (χ4v) is 2.22. The molecule has 1 aliphatic rings.